The summed E-state index contributed by atoms with van der Waals surface area (Å²) in [4.78, 5) is 13.3. The molecule has 0 aliphatic rings. The number of nitrogens with zero attached hydrogens (tertiary/aromatic N) is 3. The van der Waals surface area contributed by atoms with E-state index in [0.29, 0.717) is 33.2 Å². The molecule has 146 valence electrons. The van der Waals surface area contributed by atoms with E-state index in [4.69, 9.17) is 23.2 Å². The third-order valence-corrected chi connectivity index (χ3v) is 4.85. The van der Waals surface area contributed by atoms with Crippen LogP contribution in [0.1, 0.15) is 13.8 Å². The Labute approximate surface area is 174 Å². The molecule has 8 heteroatoms. The van der Waals surface area contributed by atoms with Crippen molar-refractivity contribution in [2.24, 2.45) is 5.92 Å². The van der Waals surface area contributed by atoms with E-state index in [1.807, 2.05) is 26.0 Å². The first-order valence-corrected chi connectivity index (χ1v) is 9.61. The van der Waals surface area contributed by atoms with Crippen molar-refractivity contribution in [2.45, 2.75) is 19.9 Å². The van der Waals surface area contributed by atoms with Crippen LogP contribution in [-0.4, -0.2) is 32.7 Å². The van der Waals surface area contributed by atoms with Crippen LogP contribution in [0.5, 0.6) is 0 Å². The highest BCUT2D eigenvalue weighted by molar-refractivity contribution is 6.39. The lowest BCUT2D eigenvalue weighted by molar-refractivity contribution is 0.248. The zero-order valence-electron chi connectivity index (χ0n) is 15.5. The summed E-state index contributed by atoms with van der Waals surface area (Å²) in [5.74, 6) is 1.11. The fourth-order valence-corrected chi connectivity index (χ4v) is 3.06. The minimum absolute atomic E-state index is 0.0305. The highest BCUT2D eigenvalue weighted by Gasteiger charge is 2.16. The lowest BCUT2D eigenvalue weighted by Gasteiger charge is -2.21. The smallest absolute Gasteiger partial charge is 0.225 e. The Balaban J connectivity index is 2.02. The molecule has 2 heterocycles. The van der Waals surface area contributed by atoms with Crippen LogP contribution in [0.25, 0.3) is 11.3 Å². The molecule has 0 bridgehead atoms. The van der Waals surface area contributed by atoms with Gasteiger partial charge in [0.1, 0.15) is 5.82 Å². The molecular weight excluding hydrogens is 397 g/mol. The highest BCUT2D eigenvalue weighted by Crippen LogP contribution is 2.33. The van der Waals surface area contributed by atoms with Gasteiger partial charge in [-0.3, -0.25) is 4.98 Å². The summed E-state index contributed by atoms with van der Waals surface area (Å²) in [6.07, 6.45) is 3.43. The van der Waals surface area contributed by atoms with Gasteiger partial charge in [0.15, 0.2) is 0 Å². The van der Waals surface area contributed by atoms with Crippen molar-refractivity contribution in [3.63, 3.8) is 0 Å². The van der Waals surface area contributed by atoms with Gasteiger partial charge >= 0.3 is 0 Å². The zero-order chi connectivity index (χ0) is 20.1. The fraction of sp³-hybridized carbons (Fsp3) is 0.250. The molecule has 1 aromatic carbocycles. The fourth-order valence-electron chi connectivity index (χ4n) is 2.57. The molecule has 28 heavy (non-hydrogen) atoms. The van der Waals surface area contributed by atoms with Crippen molar-refractivity contribution in [1.82, 2.24) is 15.0 Å². The summed E-state index contributed by atoms with van der Waals surface area (Å²) in [5, 5.41) is 17.0. The highest BCUT2D eigenvalue weighted by atomic mass is 35.5. The van der Waals surface area contributed by atoms with Crippen molar-refractivity contribution >= 4 is 40.7 Å². The Morgan fingerprint density at radius 3 is 2.43 bits per heavy atom. The van der Waals surface area contributed by atoms with Crippen LogP contribution in [0, 0.1) is 5.92 Å². The Kier molecular flexibility index (Phi) is 6.67. The number of hydrogen-bond donors (Lipinski definition) is 3. The van der Waals surface area contributed by atoms with Gasteiger partial charge in [-0.15, -0.1) is 0 Å². The van der Waals surface area contributed by atoms with Crippen molar-refractivity contribution in [3.05, 3.63) is 58.8 Å². The molecule has 2 aromatic heterocycles. The standard InChI is InChI=1S/C20H21Cl2N5O/c1-12(2)17(11-28)25-20-24-16(13-5-4-8-23-10-13)9-18(27-20)26-19-14(21)6-3-7-15(19)22/h3-10,12,17,28H,11H2,1-2H3,(H2,24,25,26,27)/t17-/m0/s1. The molecule has 0 spiro atoms. The average molecular weight is 418 g/mol. The first-order chi connectivity index (χ1) is 13.5. The first kappa shape index (κ1) is 20.3. The number of aromatic nitrogens is 3. The summed E-state index contributed by atoms with van der Waals surface area (Å²) in [7, 11) is 0. The van der Waals surface area contributed by atoms with E-state index in [0.717, 1.165) is 5.56 Å². The largest absolute Gasteiger partial charge is 0.394 e. The van der Waals surface area contributed by atoms with Gasteiger partial charge in [-0.2, -0.15) is 4.98 Å². The molecule has 1 atom stereocenters. The van der Waals surface area contributed by atoms with E-state index >= 15 is 0 Å². The van der Waals surface area contributed by atoms with Gasteiger partial charge in [0.05, 0.1) is 34.1 Å². The molecule has 0 aliphatic heterocycles. The summed E-state index contributed by atoms with van der Waals surface area (Å²) in [6, 6.07) is 10.6. The number of aliphatic hydroxyl groups is 1. The quantitative estimate of drug-likeness (QED) is 0.500. The topological polar surface area (TPSA) is 83.0 Å². The summed E-state index contributed by atoms with van der Waals surface area (Å²) in [6.45, 7) is 4.00. The van der Waals surface area contributed by atoms with Crippen molar-refractivity contribution < 1.29 is 5.11 Å². The molecule has 0 amide bonds. The monoisotopic (exact) mass is 417 g/mol. The molecule has 3 aromatic rings. The average Bonchev–Trinajstić information content (AvgIpc) is 2.69. The van der Waals surface area contributed by atoms with E-state index in [2.05, 4.69) is 25.6 Å². The second kappa shape index (κ2) is 9.19. The minimum atomic E-state index is -0.180. The third-order valence-electron chi connectivity index (χ3n) is 4.22. The van der Waals surface area contributed by atoms with Crippen LogP contribution in [0.2, 0.25) is 10.0 Å². The maximum atomic E-state index is 9.64. The third kappa shape index (κ3) is 4.90. The maximum Gasteiger partial charge on any atom is 0.225 e. The van der Waals surface area contributed by atoms with Gasteiger partial charge in [-0.1, -0.05) is 43.1 Å². The van der Waals surface area contributed by atoms with Crippen LogP contribution in [0.15, 0.2) is 48.8 Å². The second-order valence-electron chi connectivity index (χ2n) is 6.60. The first-order valence-electron chi connectivity index (χ1n) is 8.86. The Bertz CT molecular complexity index is 917. The van der Waals surface area contributed by atoms with Crippen LogP contribution in [0.3, 0.4) is 0 Å². The van der Waals surface area contributed by atoms with E-state index in [-0.39, 0.29) is 18.6 Å². The Hall–Kier alpha value is -2.41. The number of halogens is 2. The number of pyridine rings is 1. The number of aliphatic hydroxyl groups excluding tert-OH is 1. The predicted octanol–water partition coefficient (Wildman–Crippen LogP) is 5.02. The summed E-state index contributed by atoms with van der Waals surface area (Å²) in [5.41, 5.74) is 2.08. The molecule has 0 fully saturated rings. The molecule has 3 rings (SSSR count). The van der Waals surface area contributed by atoms with Gasteiger partial charge < -0.3 is 15.7 Å². The Morgan fingerprint density at radius 1 is 1.07 bits per heavy atom. The summed E-state index contributed by atoms with van der Waals surface area (Å²) < 4.78 is 0. The number of rotatable bonds is 7. The van der Waals surface area contributed by atoms with Gasteiger partial charge in [0, 0.05) is 24.0 Å². The van der Waals surface area contributed by atoms with Crippen LogP contribution in [-0.2, 0) is 0 Å². The zero-order valence-corrected chi connectivity index (χ0v) is 17.0. The lowest BCUT2D eigenvalue weighted by atomic mass is 10.1. The number of hydrogen-bond acceptors (Lipinski definition) is 6. The molecule has 3 N–H and O–H groups in total. The second-order valence-corrected chi connectivity index (χ2v) is 7.42. The molecule has 0 radical (unpaired) electrons. The van der Waals surface area contributed by atoms with Gasteiger partial charge in [-0.05, 0) is 30.2 Å². The lowest BCUT2D eigenvalue weighted by Crippen LogP contribution is -2.30. The molecule has 0 unspecified atom stereocenters. The number of anilines is 3. The van der Waals surface area contributed by atoms with Gasteiger partial charge in [0.25, 0.3) is 0 Å². The van der Waals surface area contributed by atoms with E-state index in [1.54, 1.807) is 36.7 Å². The molecule has 6 nitrogen and oxygen atoms in total. The normalized spacial score (nSPS) is 12.1. The maximum absolute atomic E-state index is 9.64. The van der Waals surface area contributed by atoms with E-state index in [1.165, 1.54) is 0 Å². The van der Waals surface area contributed by atoms with Crippen molar-refractivity contribution in [2.75, 3.05) is 17.2 Å². The minimum Gasteiger partial charge on any atom is -0.394 e. The number of benzene rings is 1. The molecule has 0 saturated heterocycles. The van der Waals surface area contributed by atoms with E-state index < -0.39 is 0 Å². The van der Waals surface area contributed by atoms with Crippen LogP contribution in [0.4, 0.5) is 17.5 Å². The SMILES string of the molecule is CC(C)[C@H](CO)Nc1nc(Nc2c(Cl)cccc2Cl)cc(-c2cccnc2)n1. The van der Waals surface area contributed by atoms with Gasteiger partial charge in [0.2, 0.25) is 5.95 Å². The van der Waals surface area contributed by atoms with Crippen LogP contribution >= 0.6 is 23.2 Å². The molecule has 0 aliphatic carbocycles. The Morgan fingerprint density at radius 2 is 1.82 bits per heavy atom. The number of nitrogens with one attached hydrogen (secondary N) is 2. The van der Waals surface area contributed by atoms with E-state index in [9.17, 15) is 5.11 Å². The van der Waals surface area contributed by atoms with Crippen LogP contribution < -0.4 is 10.6 Å². The van der Waals surface area contributed by atoms with Crippen molar-refractivity contribution in [1.29, 1.82) is 0 Å². The molecule has 0 saturated carbocycles. The number of para-hydroxylation sites is 1. The van der Waals surface area contributed by atoms with Crippen molar-refractivity contribution in [3.8, 4) is 11.3 Å². The molecular formula is C20H21Cl2N5O. The van der Waals surface area contributed by atoms with Gasteiger partial charge in [-0.25, -0.2) is 4.98 Å². The summed E-state index contributed by atoms with van der Waals surface area (Å²) >= 11 is 12.6. The predicted molar refractivity (Wildman–Crippen MR) is 114 cm³/mol.